The lowest BCUT2D eigenvalue weighted by atomic mass is 10.1. The Morgan fingerprint density at radius 1 is 1.35 bits per heavy atom. The molecule has 0 bridgehead atoms. The van der Waals surface area contributed by atoms with Crippen LogP contribution in [-0.4, -0.2) is 34.0 Å². The van der Waals surface area contributed by atoms with Crippen LogP contribution in [0.2, 0.25) is 0 Å². The number of aryl methyl sites for hydroxylation is 1. The van der Waals surface area contributed by atoms with E-state index in [4.69, 9.17) is 5.11 Å². The number of aromatic nitrogens is 2. The van der Waals surface area contributed by atoms with Gasteiger partial charge in [0.05, 0.1) is 17.4 Å². The molecule has 0 aromatic carbocycles. The van der Waals surface area contributed by atoms with E-state index < -0.39 is 5.97 Å². The van der Waals surface area contributed by atoms with E-state index in [1.165, 1.54) is 4.90 Å². The Balaban J connectivity index is 2.42. The fourth-order valence-corrected chi connectivity index (χ4v) is 2.12. The maximum atomic E-state index is 12.5. The molecule has 1 amide bonds. The fourth-order valence-electron chi connectivity index (χ4n) is 2.12. The second kappa shape index (κ2) is 5.16. The molecule has 20 heavy (non-hydrogen) atoms. The molecule has 2 aromatic heterocycles. The van der Waals surface area contributed by atoms with Crippen LogP contribution in [0.5, 0.6) is 0 Å². The molecule has 0 fully saturated rings. The van der Waals surface area contributed by atoms with E-state index in [1.54, 1.807) is 45.4 Å². The van der Waals surface area contributed by atoms with Gasteiger partial charge in [-0.1, -0.05) is 0 Å². The van der Waals surface area contributed by atoms with Gasteiger partial charge in [0.1, 0.15) is 5.69 Å². The van der Waals surface area contributed by atoms with Crippen LogP contribution in [0, 0.1) is 13.8 Å². The summed E-state index contributed by atoms with van der Waals surface area (Å²) in [5.41, 5.74) is 2.06. The quantitative estimate of drug-likeness (QED) is 0.895. The number of nitrogens with one attached hydrogen (secondary N) is 1. The summed E-state index contributed by atoms with van der Waals surface area (Å²) in [5.74, 6) is -1.34. The molecule has 0 saturated carbocycles. The second-order valence-electron chi connectivity index (χ2n) is 4.51. The van der Waals surface area contributed by atoms with Gasteiger partial charge in [0.2, 0.25) is 0 Å². The number of aromatic carboxylic acids is 1. The van der Waals surface area contributed by atoms with Crippen molar-refractivity contribution in [1.29, 1.82) is 0 Å². The van der Waals surface area contributed by atoms with Crippen molar-refractivity contribution < 1.29 is 14.7 Å². The van der Waals surface area contributed by atoms with Gasteiger partial charge in [0.25, 0.3) is 5.91 Å². The summed E-state index contributed by atoms with van der Waals surface area (Å²) in [4.78, 5) is 31.7. The van der Waals surface area contributed by atoms with Gasteiger partial charge >= 0.3 is 5.97 Å². The van der Waals surface area contributed by atoms with Crippen molar-refractivity contribution in [2.75, 3.05) is 11.9 Å². The largest absolute Gasteiger partial charge is 0.477 e. The maximum absolute atomic E-state index is 12.5. The monoisotopic (exact) mass is 273 g/mol. The Morgan fingerprint density at radius 3 is 2.55 bits per heavy atom. The molecule has 104 valence electrons. The number of amides is 1. The molecule has 0 atom stereocenters. The first-order valence-corrected chi connectivity index (χ1v) is 6.04. The molecular formula is C14H15N3O3. The van der Waals surface area contributed by atoms with Gasteiger partial charge in [-0.25, -0.2) is 4.79 Å². The number of anilines is 1. The predicted octanol–water partition coefficient (Wildman–Crippen LogP) is 2.00. The Bertz CT molecular complexity index is 662. The third-order valence-electron chi connectivity index (χ3n) is 3.20. The van der Waals surface area contributed by atoms with Gasteiger partial charge in [0, 0.05) is 18.9 Å². The number of pyridine rings is 1. The third kappa shape index (κ3) is 2.27. The van der Waals surface area contributed by atoms with Crippen LogP contribution in [0.25, 0.3) is 0 Å². The molecule has 0 saturated heterocycles. The minimum Gasteiger partial charge on any atom is -0.477 e. The smallest absolute Gasteiger partial charge is 0.352 e. The summed E-state index contributed by atoms with van der Waals surface area (Å²) in [6.07, 6.45) is 3.20. The first kappa shape index (κ1) is 13.8. The molecule has 0 spiro atoms. The molecule has 2 aromatic rings. The number of rotatable bonds is 3. The lowest BCUT2D eigenvalue weighted by Gasteiger charge is -2.17. The topological polar surface area (TPSA) is 86.3 Å². The van der Waals surface area contributed by atoms with E-state index in [2.05, 4.69) is 9.97 Å². The summed E-state index contributed by atoms with van der Waals surface area (Å²) in [7, 11) is 1.63. The SMILES string of the molecule is Cc1[nH]c(C(=O)O)c(C)c1C(=O)N(C)c1cccnc1. The number of aromatic amines is 1. The van der Waals surface area contributed by atoms with Crippen molar-refractivity contribution in [3.8, 4) is 0 Å². The molecule has 2 N–H and O–H groups in total. The van der Waals surface area contributed by atoms with Crippen LogP contribution < -0.4 is 4.90 Å². The zero-order valence-corrected chi connectivity index (χ0v) is 11.5. The number of carbonyl (C=O) groups excluding carboxylic acids is 1. The summed E-state index contributed by atoms with van der Waals surface area (Å²) >= 11 is 0. The van der Waals surface area contributed by atoms with E-state index in [0.29, 0.717) is 22.5 Å². The highest BCUT2D eigenvalue weighted by molar-refractivity contribution is 6.09. The standard InChI is InChI=1S/C14H15N3O3/c1-8-11(9(2)16-12(8)14(19)20)13(18)17(3)10-5-4-6-15-7-10/h4-7,16H,1-3H3,(H,19,20). The Labute approximate surface area is 116 Å². The molecule has 0 aliphatic rings. The number of hydrogen-bond acceptors (Lipinski definition) is 3. The highest BCUT2D eigenvalue weighted by Gasteiger charge is 2.24. The van der Waals surface area contributed by atoms with Gasteiger partial charge < -0.3 is 15.0 Å². The van der Waals surface area contributed by atoms with E-state index >= 15 is 0 Å². The zero-order chi connectivity index (χ0) is 14.9. The molecule has 0 radical (unpaired) electrons. The minimum absolute atomic E-state index is 0.0467. The first-order chi connectivity index (χ1) is 9.43. The van der Waals surface area contributed by atoms with Gasteiger partial charge in [-0.15, -0.1) is 0 Å². The average molecular weight is 273 g/mol. The van der Waals surface area contributed by atoms with Gasteiger partial charge in [0.15, 0.2) is 0 Å². The maximum Gasteiger partial charge on any atom is 0.352 e. The van der Waals surface area contributed by atoms with Gasteiger partial charge in [-0.05, 0) is 31.5 Å². The highest BCUT2D eigenvalue weighted by atomic mass is 16.4. The highest BCUT2D eigenvalue weighted by Crippen LogP contribution is 2.22. The molecular weight excluding hydrogens is 258 g/mol. The van der Waals surface area contributed by atoms with E-state index in [9.17, 15) is 9.59 Å². The predicted molar refractivity (Wildman–Crippen MR) is 74.2 cm³/mol. The molecule has 6 heteroatoms. The van der Waals surface area contributed by atoms with Crippen LogP contribution in [0.1, 0.15) is 32.1 Å². The average Bonchev–Trinajstić information content (AvgIpc) is 2.73. The fraction of sp³-hybridized carbons (Fsp3) is 0.214. The number of H-pyrrole nitrogens is 1. The molecule has 2 rings (SSSR count). The van der Waals surface area contributed by atoms with Crippen molar-refractivity contribution >= 4 is 17.6 Å². The molecule has 6 nitrogen and oxygen atoms in total. The van der Waals surface area contributed by atoms with E-state index in [1.807, 2.05) is 0 Å². The van der Waals surface area contributed by atoms with Crippen molar-refractivity contribution in [2.45, 2.75) is 13.8 Å². The summed E-state index contributed by atoms with van der Waals surface area (Å²) in [6, 6.07) is 3.50. The summed E-state index contributed by atoms with van der Waals surface area (Å²) < 4.78 is 0. The minimum atomic E-state index is -1.08. The number of hydrogen-bond donors (Lipinski definition) is 2. The lowest BCUT2D eigenvalue weighted by molar-refractivity contribution is 0.0690. The summed E-state index contributed by atoms with van der Waals surface area (Å²) in [6.45, 7) is 3.31. The number of carboxylic acid groups (broad SMARTS) is 1. The van der Waals surface area contributed by atoms with Crippen molar-refractivity contribution in [3.63, 3.8) is 0 Å². The molecule has 0 unspecified atom stereocenters. The second-order valence-corrected chi connectivity index (χ2v) is 4.51. The van der Waals surface area contributed by atoms with Crippen LogP contribution >= 0.6 is 0 Å². The van der Waals surface area contributed by atoms with Crippen LogP contribution in [0.3, 0.4) is 0 Å². The Hall–Kier alpha value is -2.63. The first-order valence-electron chi connectivity index (χ1n) is 6.04. The van der Waals surface area contributed by atoms with Crippen molar-refractivity contribution in [3.05, 3.63) is 47.0 Å². The molecule has 0 aliphatic carbocycles. The number of carboxylic acids is 1. The summed E-state index contributed by atoms with van der Waals surface area (Å²) in [5, 5.41) is 9.07. The molecule has 2 heterocycles. The Morgan fingerprint density at radius 2 is 2.05 bits per heavy atom. The zero-order valence-electron chi connectivity index (χ0n) is 11.5. The lowest BCUT2D eigenvalue weighted by Crippen LogP contribution is -2.27. The van der Waals surface area contributed by atoms with Crippen molar-refractivity contribution in [2.24, 2.45) is 0 Å². The normalized spacial score (nSPS) is 10.3. The van der Waals surface area contributed by atoms with Gasteiger partial charge in [-0.2, -0.15) is 0 Å². The Kier molecular flexibility index (Phi) is 3.56. The van der Waals surface area contributed by atoms with E-state index in [0.717, 1.165) is 0 Å². The number of carbonyl (C=O) groups is 2. The third-order valence-corrected chi connectivity index (χ3v) is 3.20. The number of nitrogens with zero attached hydrogens (tertiary/aromatic N) is 2. The molecule has 0 aliphatic heterocycles. The van der Waals surface area contributed by atoms with Crippen molar-refractivity contribution in [1.82, 2.24) is 9.97 Å². The van der Waals surface area contributed by atoms with Gasteiger partial charge in [-0.3, -0.25) is 9.78 Å². The van der Waals surface area contributed by atoms with E-state index in [-0.39, 0.29) is 11.6 Å². The van der Waals surface area contributed by atoms with Crippen LogP contribution in [0.15, 0.2) is 24.5 Å². The van der Waals surface area contributed by atoms with Crippen LogP contribution in [0.4, 0.5) is 5.69 Å². The van der Waals surface area contributed by atoms with Crippen LogP contribution in [-0.2, 0) is 0 Å².